The first-order valence-electron chi connectivity index (χ1n) is 9.10. The van der Waals surface area contributed by atoms with Crippen LogP contribution in [-0.4, -0.2) is 27.4 Å². The van der Waals surface area contributed by atoms with Gasteiger partial charge >= 0.3 is 5.63 Å². The largest absolute Gasteiger partial charge is 0.496 e. The van der Waals surface area contributed by atoms with Gasteiger partial charge in [0, 0.05) is 36.8 Å². The minimum atomic E-state index is -0.420. The van der Waals surface area contributed by atoms with Gasteiger partial charge in [-0.2, -0.15) is 0 Å². The lowest BCUT2D eigenvalue weighted by molar-refractivity contribution is 0.249. The van der Waals surface area contributed by atoms with E-state index in [1.807, 2.05) is 6.07 Å². The Morgan fingerprint density at radius 1 is 0.793 bits per heavy atom. The summed E-state index contributed by atoms with van der Waals surface area (Å²) in [5.41, 5.74) is 0.604. The quantitative estimate of drug-likeness (QED) is 0.322. The van der Waals surface area contributed by atoms with Crippen molar-refractivity contribution in [3.63, 3.8) is 0 Å². The van der Waals surface area contributed by atoms with Crippen LogP contribution in [0.3, 0.4) is 0 Å². The number of methoxy groups -OCH3 is 2. The molecule has 0 unspecified atom stereocenters. The number of hydrogen-bond donors (Lipinski definition) is 0. The summed E-state index contributed by atoms with van der Waals surface area (Å²) in [5, 5.41) is 1.54. The normalized spacial score (nSPS) is 11.0. The Bertz CT molecular complexity index is 1170. The Kier molecular flexibility index (Phi) is 5.29. The fourth-order valence-electron chi connectivity index (χ4n) is 3.05. The molecule has 0 saturated heterocycles. The van der Waals surface area contributed by atoms with Crippen molar-refractivity contribution in [3.05, 3.63) is 59.1 Å². The zero-order chi connectivity index (χ0) is 20.2. The van der Waals surface area contributed by atoms with Crippen LogP contribution >= 0.6 is 0 Å². The molecule has 0 amide bonds. The molecule has 2 aromatic heterocycles. The highest BCUT2D eigenvalue weighted by Gasteiger charge is 2.13. The summed E-state index contributed by atoms with van der Waals surface area (Å²) in [4.78, 5) is 11.5. The topological polar surface area (TPSA) is 80.3 Å². The molecule has 0 spiro atoms. The van der Waals surface area contributed by atoms with E-state index < -0.39 is 5.63 Å². The number of ether oxygens (including phenoxy) is 4. The third-order valence-corrected chi connectivity index (χ3v) is 4.44. The molecule has 7 heteroatoms. The van der Waals surface area contributed by atoms with Crippen molar-refractivity contribution in [2.75, 3.05) is 27.4 Å². The minimum absolute atomic E-state index is 0.416. The molecule has 2 heterocycles. The summed E-state index contributed by atoms with van der Waals surface area (Å²) in [7, 11) is 3.19. The third-order valence-electron chi connectivity index (χ3n) is 4.44. The lowest BCUT2D eigenvalue weighted by atomic mass is 10.1. The van der Waals surface area contributed by atoms with Gasteiger partial charge in [-0.15, -0.1) is 0 Å². The maximum absolute atomic E-state index is 11.5. The number of hydrogen-bond acceptors (Lipinski definition) is 7. The summed E-state index contributed by atoms with van der Waals surface area (Å²) in [6.45, 7) is 0.865. The molecular weight excluding hydrogens is 376 g/mol. The fourth-order valence-corrected chi connectivity index (χ4v) is 3.05. The van der Waals surface area contributed by atoms with Crippen molar-refractivity contribution in [1.29, 1.82) is 0 Å². The Balaban J connectivity index is 1.44. The van der Waals surface area contributed by atoms with Gasteiger partial charge in [0.25, 0.3) is 0 Å². The van der Waals surface area contributed by atoms with Crippen LogP contribution in [0, 0.1) is 0 Å². The fraction of sp³-hybridized carbons (Fsp3) is 0.227. The van der Waals surface area contributed by atoms with Crippen molar-refractivity contribution in [1.82, 2.24) is 0 Å². The highest BCUT2D eigenvalue weighted by molar-refractivity contribution is 6.01. The van der Waals surface area contributed by atoms with Gasteiger partial charge in [-0.05, 0) is 12.1 Å². The number of rotatable bonds is 8. The van der Waals surface area contributed by atoms with Gasteiger partial charge in [0.05, 0.1) is 44.5 Å². The highest BCUT2D eigenvalue weighted by Crippen LogP contribution is 2.35. The molecular formula is C22H20O7. The molecule has 150 valence electrons. The van der Waals surface area contributed by atoms with Crippen LogP contribution in [-0.2, 0) is 0 Å². The number of furan rings is 1. The maximum Gasteiger partial charge on any atom is 0.336 e. The van der Waals surface area contributed by atoms with E-state index >= 15 is 0 Å². The van der Waals surface area contributed by atoms with Crippen LogP contribution in [0.1, 0.15) is 6.42 Å². The van der Waals surface area contributed by atoms with Crippen LogP contribution in [0.2, 0.25) is 0 Å². The van der Waals surface area contributed by atoms with E-state index in [2.05, 4.69) is 0 Å². The Morgan fingerprint density at radius 2 is 1.48 bits per heavy atom. The van der Waals surface area contributed by atoms with E-state index in [-0.39, 0.29) is 0 Å². The molecule has 4 aromatic rings. The Morgan fingerprint density at radius 3 is 2.24 bits per heavy atom. The molecule has 0 saturated carbocycles. The number of benzene rings is 2. The second-order valence-corrected chi connectivity index (χ2v) is 6.30. The molecule has 7 nitrogen and oxygen atoms in total. The Hall–Kier alpha value is -3.61. The number of fused-ring (bicyclic) bond motifs is 2. The molecule has 0 bridgehead atoms. The molecule has 0 aliphatic heterocycles. The van der Waals surface area contributed by atoms with E-state index in [1.54, 1.807) is 50.8 Å². The van der Waals surface area contributed by atoms with Crippen molar-refractivity contribution in [2.24, 2.45) is 0 Å². The van der Waals surface area contributed by atoms with Gasteiger partial charge < -0.3 is 27.8 Å². The van der Waals surface area contributed by atoms with E-state index in [4.69, 9.17) is 27.8 Å². The second kappa shape index (κ2) is 8.18. The van der Waals surface area contributed by atoms with Gasteiger partial charge in [-0.25, -0.2) is 4.79 Å². The van der Waals surface area contributed by atoms with Crippen molar-refractivity contribution in [3.8, 4) is 23.0 Å². The first-order valence-corrected chi connectivity index (χ1v) is 9.10. The molecule has 0 radical (unpaired) electrons. The molecule has 0 atom stereocenters. The predicted molar refractivity (Wildman–Crippen MR) is 107 cm³/mol. The first kappa shape index (κ1) is 18.7. The predicted octanol–water partition coefficient (Wildman–Crippen LogP) is 4.40. The van der Waals surface area contributed by atoms with Crippen LogP contribution in [0.4, 0.5) is 0 Å². The summed E-state index contributed by atoms with van der Waals surface area (Å²) < 4.78 is 33.0. The average Bonchev–Trinajstić information content (AvgIpc) is 3.20. The van der Waals surface area contributed by atoms with Gasteiger partial charge in [0.2, 0.25) is 0 Å². The zero-order valence-corrected chi connectivity index (χ0v) is 16.1. The average molecular weight is 396 g/mol. The molecule has 29 heavy (non-hydrogen) atoms. The van der Waals surface area contributed by atoms with Crippen LogP contribution in [0.15, 0.2) is 62.4 Å². The van der Waals surface area contributed by atoms with Gasteiger partial charge in [-0.1, -0.05) is 0 Å². The van der Waals surface area contributed by atoms with Crippen LogP contribution in [0.5, 0.6) is 23.0 Å². The lowest BCUT2D eigenvalue weighted by Crippen LogP contribution is -2.06. The molecule has 0 aliphatic carbocycles. The smallest absolute Gasteiger partial charge is 0.336 e. The maximum atomic E-state index is 11.5. The Labute approximate surface area is 166 Å². The third kappa shape index (κ3) is 3.99. The van der Waals surface area contributed by atoms with E-state index in [0.29, 0.717) is 53.8 Å². The van der Waals surface area contributed by atoms with E-state index in [9.17, 15) is 4.79 Å². The molecule has 0 N–H and O–H groups in total. The summed E-state index contributed by atoms with van der Waals surface area (Å²) in [6.07, 6.45) is 2.22. The van der Waals surface area contributed by atoms with E-state index in [0.717, 1.165) is 10.8 Å². The van der Waals surface area contributed by atoms with Crippen molar-refractivity contribution < 1.29 is 27.8 Å². The highest BCUT2D eigenvalue weighted by atomic mass is 16.5. The van der Waals surface area contributed by atoms with Gasteiger partial charge in [0.1, 0.15) is 34.2 Å². The molecule has 2 aromatic carbocycles. The van der Waals surface area contributed by atoms with Crippen LogP contribution < -0.4 is 24.6 Å². The second-order valence-electron chi connectivity index (χ2n) is 6.30. The lowest BCUT2D eigenvalue weighted by Gasteiger charge is -2.12. The summed E-state index contributed by atoms with van der Waals surface area (Å²) in [5.74, 6) is 2.61. The molecule has 4 rings (SSSR count). The molecule has 0 aliphatic rings. The molecule has 0 fully saturated rings. The van der Waals surface area contributed by atoms with E-state index in [1.165, 1.54) is 6.07 Å². The summed E-state index contributed by atoms with van der Waals surface area (Å²) >= 11 is 0. The monoisotopic (exact) mass is 396 g/mol. The minimum Gasteiger partial charge on any atom is -0.496 e. The van der Waals surface area contributed by atoms with Crippen LogP contribution in [0.25, 0.3) is 21.9 Å². The van der Waals surface area contributed by atoms with Gasteiger partial charge in [0.15, 0.2) is 0 Å². The summed E-state index contributed by atoms with van der Waals surface area (Å²) in [6, 6.07) is 12.0. The SMILES string of the molecule is COc1cc(OC)cc(OCCCOc2c3ccoc3cc3oc(=O)ccc23)c1. The van der Waals surface area contributed by atoms with Crippen molar-refractivity contribution in [2.45, 2.75) is 6.42 Å². The van der Waals surface area contributed by atoms with Crippen molar-refractivity contribution >= 4 is 21.9 Å². The standard InChI is InChI=1S/C22H20O7/c1-24-14-10-15(25-2)12-16(11-14)26-7-3-8-28-22-17-4-5-21(23)29-20(17)13-19-18(22)6-9-27-19/h4-6,9-13H,3,7-8H2,1-2H3. The zero-order valence-electron chi connectivity index (χ0n) is 16.1. The van der Waals surface area contributed by atoms with Gasteiger partial charge in [-0.3, -0.25) is 0 Å². The first-order chi connectivity index (χ1) is 14.2.